The highest BCUT2D eigenvalue weighted by Gasteiger charge is 2.30. The summed E-state index contributed by atoms with van der Waals surface area (Å²) in [6.45, 7) is 5.59. The van der Waals surface area contributed by atoms with Crippen molar-refractivity contribution in [3.63, 3.8) is 0 Å². The summed E-state index contributed by atoms with van der Waals surface area (Å²) in [4.78, 5) is 25.4. The Morgan fingerprint density at radius 2 is 1.86 bits per heavy atom. The molecule has 1 aromatic heterocycles. The Kier molecular flexibility index (Phi) is 5.73. The molecule has 0 saturated heterocycles. The molecule has 1 fully saturated rings. The zero-order valence-electron chi connectivity index (χ0n) is 17.6. The number of hydrogen-bond acceptors (Lipinski definition) is 5. The predicted molar refractivity (Wildman–Crippen MR) is 109 cm³/mol. The van der Waals surface area contributed by atoms with E-state index in [-0.39, 0.29) is 23.7 Å². The van der Waals surface area contributed by atoms with Crippen LogP contribution >= 0.6 is 0 Å². The number of rotatable bonds is 4. The predicted octanol–water partition coefficient (Wildman–Crippen LogP) is 4.09. The number of ether oxygens (including phenoxy) is 2. The number of fused-ring (bicyclic) bond motifs is 1. The highest BCUT2D eigenvalue weighted by molar-refractivity contribution is 5.96. The first-order valence-corrected chi connectivity index (χ1v) is 9.85. The van der Waals surface area contributed by atoms with Crippen LogP contribution < -0.4 is 4.74 Å². The average molecular weight is 403 g/mol. The SMILES string of the molecule is COc1cc2nn([C@H]3CC[C@H](N(C)C(=O)OC(C)(C)C)CC3)cc2cc1C(=O)O. The van der Waals surface area contributed by atoms with Crippen molar-refractivity contribution in [2.75, 3.05) is 14.2 Å². The Morgan fingerprint density at radius 3 is 2.41 bits per heavy atom. The summed E-state index contributed by atoms with van der Waals surface area (Å²) in [6.07, 6.45) is 5.09. The van der Waals surface area contributed by atoms with E-state index in [2.05, 4.69) is 5.10 Å². The molecule has 8 heteroatoms. The van der Waals surface area contributed by atoms with Crippen LogP contribution in [0.5, 0.6) is 5.75 Å². The molecular formula is C21H29N3O5. The van der Waals surface area contributed by atoms with Crippen molar-refractivity contribution in [2.24, 2.45) is 0 Å². The molecule has 1 aliphatic rings. The molecule has 1 N–H and O–H groups in total. The van der Waals surface area contributed by atoms with Crippen molar-refractivity contribution in [1.29, 1.82) is 0 Å². The summed E-state index contributed by atoms with van der Waals surface area (Å²) in [5, 5.41) is 14.8. The van der Waals surface area contributed by atoms with E-state index in [0.29, 0.717) is 11.3 Å². The summed E-state index contributed by atoms with van der Waals surface area (Å²) >= 11 is 0. The molecule has 1 saturated carbocycles. The third kappa shape index (κ3) is 4.63. The third-order valence-electron chi connectivity index (χ3n) is 5.34. The first-order chi connectivity index (χ1) is 13.6. The van der Waals surface area contributed by atoms with Crippen LogP contribution in [0.1, 0.15) is 62.9 Å². The monoisotopic (exact) mass is 403 g/mol. The first-order valence-electron chi connectivity index (χ1n) is 9.85. The van der Waals surface area contributed by atoms with Crippen LogP contribution in [0.25, 0.3) is 10.9 Å². The second-order valence-corrected chi connectivity index (χ2v) is 8.58. The van der Waals surface area contributed by atoms with E-state index in [1.807, 2.05) is 31.6 Å². The molecule has 29 heavy (non-hydrogen) atoms. The van der Waals surface area contributed by atoms with Crippen LogP contribution in [0.3, 0.4) is 0 Å². The number of methoxy groups -OCH3 is 1. The molecule has 0 radical (unpaired) electrons. The Labute approximate surface area is 170 Å². The van der Waals surface area contributed by atoms with Crippen molar-refractivity contribution in [3.8, 4) is 5.75 Å². The van der Waals surface area contributed by atoms with Gasteiger partial charge in [0.2, 0.25) is 0 Å². The summed E-state index contributed by atoms with van der Waals surface area (Å²) in [7, 11) is 3.24. The summed E-state index contributed by atoms with van der Waals surface area (Å²) in [6, 6.07) is 3.62. The highest BCUT2D eigenvalue weighted by Crippen LogP contribution is 2.33. The number of nitrogens with zero attached hydrogens (tertiary/aromatic N) is 3. The molecule has 3 rings (SSSR count). The Bertz CT molecular complexity index is 907. The number of carboxylic acids is 1. The van der Waals surface area contributed by atoms with Gasteiger partial charge >= 0.3 is 12.1 Å². The van der Waals surface area contributed by atoms with E-state index in [1.165, 1.54) is 7.11 Å². The highest BCUT2D eigenvalue weighted by atomic mass is 16.6. The number of carbonyl (C=O) groups is 2. The maximum Gasteiger partial charge on any atom is 0.410 e. The molecule has 0 unspecified atom stereocenters. The summed E-state index contributed by atoms with van der Waals surface area (Å²) in [5.41, 5.74) is 0.329. The molecule has 158 valence electrons. The molecule has 8 nitrogen and oxygen atoms in total. The number of amides is 1. The van der Waals surface area contributed by atoms with E-state index in [0.717, 1.165) is 31.1 Å². The molecule has 2 aromatic rings. The minimum absolute atomic E-state index is 0.127. The van der Waals surface area contributed by atoms with E-state index in [4.69, 9.17) is 9.47 Å². The lowest BCUT2D eigenvalue weighted by molar-refractivity contribution is 0.0173. The fourth-order valence-corrected chi connectivity index (χ4v) is 3.79. The zero-order chi connectivity index (χ0) is 21.3. The first kappa shape index (κ1) is 21.0. The molecule has 0 spiro atoms. The topological polar surface area (TPSA) is 93.9 Å². The molecule has 0 bridgehead atoms. The largest absolute Gasteiger partial charge is 0.496 e. The van der Waals surface area contributed by atoms with Crippen LogP contribution in [-0.4, -0.2) is 57.6 Å². The third-order valence-corrected chi connectivity index (χ3v) is 5.34. The van der Waals surface area contributed by atoms with Gasteiger partial charge in [-0.2, -0.15) is 5.10 Å². The van der Waals surface area contributed by atoms with Crippen LogP contribution in [-0.2, 0) is 4.74 Å². The Balaban J connectivity index is 1.70. The van der Waals surface area contributed by atoms with Gasteiger partial charge in [-0.15, -0.1) is 0 Å². The number of aromatic carboxylic acids is 1. The quantitative estimate of drug-likeness (QED) is 0.826. The summed E-state index contributed by atoms with van der Waals surface area (Å²) in [5.74, 6) is -0.722. The smallest absolute Gasteiger partial charge is 0.410 e. The maximum atomic E-state index is 12.3. The lowest BCUT2D eigenvalue weighted by Crippen LogP contribution is -2.42. The molecule has 0 aliphatic heterocycles. The number of hydrogen-bond donors (Lipinski definition) is 1. The van der Waals surface area contributed by atoms with E-state index < -0.39 is 11.6 Å². The fraction of sp³-hybridized carbons (Fsp3) is 0.571. The standard InChI is InChI=1S/C21H29N3O5/c1-21(2,3)29-20(27)23(4)14-6-8-15(9-7-14)24-12-13-10-16(19(25)26)18(28-5)11-17(13)22-24/h10-12,14-15H,6-9H2,1-5H3,(H,25,26)/t14-,15-. The average Bonchev–Trinajstić information content (AvgIpc) is 3.08. The van der Waals surface area contributed by atoms with Gasteiger partial charge < -0.3 is 19.5 Å². The van der Waals surface area contributed by atoms with Gasteiger partial charge in [-0.25, -0.2) is 9.59 Å². The maximum absolute atomic E-state index is 12.3. The van der Waals surface area contributed by atoms with Gasteiger partial charge in [-0.1, -0.05) is 0 Å². The molecule has 1 aromatic carbocycles. The van der Waals surface area contributed by atoms with E-state index >= 15 is 0 Å². The number of benzene rings is 1. The van der Waals surface area contributed by atoms with Crippen molar-refractivity contribution in [3.05, 3.63) is 23.9 Å². The van der Waals surface area contributed by atoms with Gasteiger partial charge in [-0.3, -0.25) is 4.68 Å². The number of carboxylic acid groups (broad SMARTS) is 1. The van der Waals surface area contributed by atoms with Gasteiger partial charge in [0.05, 0.1) is 18.7 Å². The lowest BCUT2D eigenvalue weighted by atomic mass is 9.90. The Morgan fingerprint density at radius 1 is 1.21 bits per heavy atom. The van der Waals surface area contributed by atoms with Crippen LogP contribution in [0.4, 0.5) is 4.79 Å². The normalized spacial score (nSPS) is 19.8. The summed E-state index contributed by atoms with van der Waals surface area (Å²) < 4.78 is 12.6. The second kappa shape index (κ2) is 7.93. The van der Waals surface area contributed by atoms with Gasteiger partial charge in [0.1, 0.15) is 16.9 Å². The molecule has 1 heterocycles. The zero-order valence-corrected chi connectivity index (χ0v) is 17.6. The second-order valence-electron chi connectivity index (χ2n) is 8.58. The molecule has 1 amide bonds. The van der Waals surface area contributed by atoms with Crippen molar-refractivity contribution < 1.29 is 24.2 Å². The van der Waals surface area contributed by atoms with Gasteiger partial charge in [0, 0.05) is 30.7 Å². The van der Waals surface area contributed by atoms with Gasteiger partial charge in [0.25, 0.3) is 0 Å². The van der Waals surface area contributed by atoms with Crippen LogP contribution in [0.15, 0.2) is 18.3 Å². The van der Waals surface area contributed by atoms with E-state index in [9.17, 15) is 14.7 Å². The van der Waals surface area contributed by atoms with Crippen LogP contribution in [0.2, 0.25) is 0 Å². The molecular weight excluding hydrogens is 374 g/mol. The Hall–Kier alpha value is -2.77. The van der Waals surface area contributed by atoms with Crippen molar-refractivity contribution in [1.82, 2.24) is 14.7 Å². The van der Waals surface area contributed by atoms with Crippen LogP contribution in [0, 0.1) is 0 Å². The minimum atomic E-state index is -1.03. The molecule has 0 atom stereocenters. The van der Waals surface area contributed by atoms with E-state index in [1.54, 1.807) is 24.1 Å². The molecule has 1 aliphatic carbocycles. The van der Waals surface area contributed by atoms with Crippen molar-refractivity contribution >= 4 is 23.0 Å². The number of carbonyl (C=O) groups excluding carboxylic acids is 1. The minimum Gasteiger partial charge on any atom is -0.496 e. The van der Waals surface area contributed by atoms with Gasteiger partial charge in [-0.05, 0) is 52.5 Å². The number of aromatic nitrogens is 2. The van der Waals surface area contributed by atoms with Crippen molar-refractivity contribution in [2.45, 2.75) is 64.1 Å². The van der Waals surface area contributed by atoms with Gasteiger partial charge in [0.15, 0.2) is 0 Å². The lowest BCUT2D eigenvalue weighted by Gasteiger charge is -2.35. The fourth-order valence-electron chi connectivity index (χ4n) is 3.79.